The largest absolute Gasteiger partial charge is 0.458 e. The van der Waals surface area contributed by atoms with E-state index in [1.165, 1.54) is 0 Å². The van der Waals surface area contributed by atoms with Gasteiger partial charge in [0.25, 0.3) is 0 Å². The lowest BCUT2D eigenvalue weighted by Crippen LogP contribution is -2.67. The summed E-state index contributed by atoms with van der Waals surface area (Å²) >= 11 is 0. The average Bonchev–Trinajstić information content (AvgIpc) is 2.30. The molecule has 4 aliphatic rings. The van der Waals surface area contributed by atoms with E-state index in [1.807, 2.05) is 0 Å². The van der Waals surface area contributed by atoms with E-state index in [9.17, 15) is 32.6 Å². The quantitative estimate of drug-likeness (QED) is 0.611. The van der Waals surface area contributed by atoms with Gasteiger partial charge in [0.15, 0.2) is 5.41 Å². The first-order chi connectivity index (χ1) is 10.3. The molecule has 8 heteroatoms. The third kappa shape index (κ3) is 2.54. The van der Waals surface area contributed by atoms with Gasteiger partial charge in [-0.1, -0.05) is 0 Å². The topological polar surface area (TPSA) is 66.8 Å². The standard InChI is InChI=1S/C15H20F4O4/c1-11(8-16,15(17,18)19)10(20)23-14-4-9-2-12(21,6-14)5-13(22,3-9)7-14/h9,21-22H,2-8H2,1H3. The highest BCUT2D eigenvalue weighted by atomic mass is 19.4. The fraction of sp³-hybridized carbons (Fsp3) is 0.933. The van der Waals surface area contributed by atoms with E-state index in [0.29, 0.717) is 26.2 Å². The van der Waals surface area contributed by atoms with Gasteiger partial charge in [-0.15, -0.1) is 0 Å². The minimum atomic E-state index is -5.07. The van der Waals surface area contributed by atoms with E-state index in [0.717, 1.165) is 0 Å². The number of halogens is 4. The number of hydrogen-bond acceptors (Lipinski definition) is 4. The fourth-order valence-corrected chi connectivity index (χ4v) is 4.92. The first kappa shape index (κ1) is 17.0. The summed E-state index contributed by atoms with van der Waals surface area (Å²) in [6.45, 7) is -1.44. The van der Waals surface area contributed by atoms with E-state index in [2.05, 4.69) is 0 Å². The number of ether oxygens (including phenoxy) is 1. The third-order valence-corrected chi connectivity index (χ3v) is 5.61. The Bertz CT molecular complexity index is 516. The van der Waals surface area contributed by atoms with E-state index in [1.54, 1.807) is 0 Å². The molecule has 2 N–H and O–H groups in total. The number of carbonyl (C=O) groups is 1. The SMILES string of the molecule is CC(CF)(C(=O)OC12CC3CC(O)(CC(O)(C3)C1)C2)C(F)(F)F. The zero-order valence-electron chi connectivity index (χ0n) is 12.7. The Morgan fingerprint density at radius 2 is 1.65 bits per heavy atom. The van der Waals surface area contributed by atoms with Crippen LogP contribution in [0.2, 0.25) is 0 Å². The van der Waals surface area contributed by atoms with Crippen LogP contribution >= 0.6 is 0 Å². The molecule has 4 rings (SSSR count). The molecule has 0 aromatic heterocycles. The van der Waals surface area contributed by atoms with E-state index in [4.69, 9.17) is 4.74 Å². The monoisotopic (exact) mass is 340 g/mol. The summed E-state index contributed by atoms with van der Waals surface area (Å²) in [6.07, 6.45) is -3.79. The number of esters is 1. The van der Waals surface area contributed by atoms with Crippen LogP contribution < -0.4 is 0 Å². The van der Waals surface area contributed by atoms with Crippen molar-refractivity contribution in [3.05, 3.63) is 0 Å². The Balaban J connectivity index is 1.87. The Labute approximate surface area is 130 Å². The average molecular weight is 340 g/mol. The molecule has 132 valence electrons. The molecule has 4 aliphatic carbocycles. The highest BCUT2D eigenvalue weighted by Crippen LogP contribution is 2.61. The van der Waals surface area contributed by atoms with Crippen LogP contribution in [0.5, 0.6) is 0 Å². The van der Waals surface area contributed by atoms with Gasteiger partial charge >= 0.3 is 12.1 Å². The predicted molar refractivity (Wildman–Crippen MR) is 70.1 cm³/mol. The third-order valence-electron chi connectivity index (χ3n) is 5.61. The van der Waals surface area contributed by atoms with Crippen LogP contribution in [0.15, 0.2) is 0 Å². The molecule has 4 bridgehead atoms. The summed E-state index contributed by atoms with van der Waals surface area (Å²) in [6, 6.07) is 0. The van der Waals surface area contributed by atoms with E-state index >= 15 is 0 Å². The van der Waals surface area contributed by atoms with Crippen molar-refractivity contribution in [2.45, 2.75) is 68.4 Å². The highest BCUT2D eigenvalue weighted by Gasteiger charge is 2.66. The first-order valence-electron chi connectivity index (χ1n) is 7.65. The Morgan fingerprint density at radius 1 is 1.13 bits per heavy atom. The molecule has 23 heavy (non-hydrogen) atoms. The smallest absolute Gasteiger partial charge is 0.407 e. The lowest BCUT2D eigenvalue weighted by molar-refractivity contribution is -0.278. The number of hydrogen-bond donors (Lipinski definition) is 2. The van der Waals surface area contributed by atoms with Crippen molar-refractivity contribution in [3.63, 3.8) is 0 Å². The van der Waals surface area contributed by atoms with Crippen LogP contribution in [-0.4, -0.2) is 45.8 Å². The first-order valence-corrected chi connectivity index (χ1v) is 7.65. The molecule has 0 aromatic carbocycles. The minimum Gasteiger partial charge on any atom is -0.458 e. The Kier molecular flexibility index (Phi) is 3.39. The zero-order chi connectivity index (χ0) is 17.3. The van der Waals surface area contributed by atoms with Gasteiger partial charge in [-0.05, 0) is 32.1 Å². The second-order valence-electron chi connectivity index (χ2n) is 7.99. The molecule has 0 heterocycles. The maximum atomic E-state index is 13.0. The second-order valence-corrected chi connectivity index (χ2v) is 7.99. The summed E-state index contributed by atoms with van der Waals surface area (Å²) in [7, 11) is 0. The molecular formula is C15H20F4O4. The van der Waals surface area contributed by atoms with Crippen molar-refractivity contribution < 1.29 is 37.3 Å². The summed E-state index contributed by atoms with van der Waals surface area (Å²) in [4.78, 5) is 12.1. The van der Waals surface area contributed by atoms with Crippen LogP contribution in [0.25, 0.3) is 0 Å². The van der Waals surface area contributed by atoms with Gasteiger partial charge in [0, 0.05) is 19.3 Å². The highest BCUT2D eigenvalue weighted by molar-refractivity contribution is 5.78. The molecule has 0 aliphatic heterocycles. The predicted octanol–water partition coefficient (Wildman–Crippen LogP) is 2.27. The normalized spacial score (nSPS) is 44.9. The lowest BCUT2D eigenvalue weighted by atomic mass is 9.50. The lowest BCUT2D eigenvalue weighted by Gasteiger charge is -2.62. The fourth-order valence-electron chi connectivity index (χ4n) is 4.92. The van der Waals surface area contributed by atoms with Crippen LogP contribution in [0.4, 0.5) is 17.6 Å². The van der Waals surface area contributed by atoms with Gasteiger partial charge < -0.3 is 14.9 Å². The molecule has 0 aromatic rings. The van der Waals surface area contributed by atoms with E-state index in [-0.39, 0.29) is 25.2 Å². The van der Waals surface area contributed by atoms with Crippen LogP contribution in [-0.2, 0) is 9.53 Å². The van der Waals surface area contributed by atoms with E-state index < -0.39 is 41.0 Å². The minimum absolute atomic E-state index is 0.00915. The Hall–Kier alpha value is -0.890. The molecule has 0 spiro atoms. The van der Waals surface area contributed by atoms with Gasteiger partial charge in [0.1, 0.15) is 12.3 Å². The molecular weight excluding hydrogens is 320 g/mol. The van der Waals surface area contributed by atoms with Gasteiger partial charge in [-0.3, -0.25) is 4.79 Å². The van der Waals surface area contributed by atoms with Crippen molar-refractivity contribution in [2.75, 3.05) is 6.67 Å². The molecule has 4 nitrogen and oxygen atoms in total. The zero-order valence-corrected chi connectivity index (χ0v) is 12.7. The second kappa shape index (κ2) is 4.59. The molecule has 0 saturated heterocycles. The molecule has 3 unspecified atom stereocenters. The van der Waals surface area contributed by atoms with Crippen LogP contribution in [0.1, 0.15) is 45.4 Å². The summed E-state index contributed by atoms with van der Waals surface area (Å²) < 4.78 is 57.2. The maximum Gasteiger partial charge on any atom is 0.407 e. The summed E-state index contributed by atoms with van der Waals surface area (Å²) in [5.41, 5.74) is -7.05. The molecule has 4 saturated carbocycles. The van der Waals surface area contributed by atoms with Crippen molar-refractivity contribution in [3.8, 4) is 0 Å². The maximum absolute atomic E-state index is 13.0. The summed E-state index contributed by atoms with van der Waals surface area (Å²) in [5.74, 6) is -1.79. The number of aliphatic hydroxyl groups is 2. The van der Waals surface area contributed by atoms with Crippen molar-refractivity contribution in [1.82, 2.24) is 0 Å². The van der Waals surface area contributed by atoms with Crippen molar-refractivity contribution in [1.29, 1.82) is 0 Å². The summed E-state index contributed by atoms with van der Waals surface area (Å²) in [5, 5.41) is 21.0. The molecule has 3 atom stereocenters. The molecule has 0 amide bonds. The van der Waals surface area contributed by atoms with Gasteiger partial charge in [-0.25, -0.2) is 4.39 Å². The van der Waals surface area contributed by atoms with Gasteiger partial charge in [-0.2, -0.15) is 13.2 Å². The number of rotatable bonds is 3. The van der Waals surface area contributed by atoms with Gasteiger partial charge in [0.05, 0.1) is 11.2 Å². The van der Waals surface area contributed by atoms with Crippen molar-refractivity contribution >= 4 is 5.97 Å². The Morgan fingerprint density at radius 3 is 2.04 bits per heavy atom. The van der Waals surface area contributed by atoms with Crippen LogP contribution in [0.3, 0.4) is 0 Å². The van der Waals surface area contributed by atoms with Crippen LogP contribution in [0, 0.1) is 11.3 Å². The molecule has 4 fully saturated rings. The van der Waals surface area contributed by atoms with Crippen molar-refractivity contribution in [2.24, 2.45) is 11.3 Å². The number of alkyl halides is 4. The number of carbonyl (C=O) groups excluding carboxylic acids is 1. The van der Waals surface area contributed by atoms with Gasteiger partial charge in [0.2, 0.25) is 0 Å². The molecule has 0 radical (unpaired) electrons.